The van der Waals surface area contributed by atoms with Crippen molar-refractivity contribution in [2.24, 2.45) is 0 Å². The summed E-state index contributed by atoms with van der Waals surface area (Å²) in [6.45, 7) is 1.95. The summed E-state index contributed by atoms with van der Waals surface area (Å²) in [4.78, 5) is 8.74. The van der Waals surface area contributed by atoms with Gasteiger partial charge in [-0.25, -0.2) is 4.98 Å². The number of para-hydroxylation sites is 2. The number of aromatic nitrogens is 3. The Labute approximate surface area is 111 Å². The zero-order valence-electron chi connectivity index (χ0n) is 10.5. The number of nitriles is 1. The Kier molecular flexibility index (Phi) is 2.73. The van der Waals surface area contributed by atoms with Crippen molar-refractivity contribution in [2.45, 2.75) is 13.3 Å². The van der Waals surface area contributed by atoms with Crippen LogP contribution in [-0.2, 0) is 6.42 Å². The van der Waals surface area contributed by atoms with Crippen LogP contribution in [0.3, 0.4) is 0 Å². The summed E-state index contributed by atoms with van der Waals surface area (Å²) in [5.74, 6) is 0.759. The van der Waals surface area contributed by atoms with Gasteiger partial charge in [-0.2, -0.15) is 5.26 Å². The lowest BCUT2D eigenvalue weighted by Gasteiger charge is -2.07. The largest absolute Gasteiger partial charge is 0.295 e. The third-order valence-electron chi connectivity index (χ3n) is 3.01. The van der Waals surface area contributed by atoms with Gasteiger partial charge in [0.15, 0.2) is 0 Å². The van der Waals surface area contributed by atoms with Crippen molar-refractivity contribution >= 4 is 11.0 Å². The second-order valence-electron chi connectivity index (χ2n) is 4.34. The molecule has 0 fully saturated rings. The predicted octanol–water partition coefficient (Wildman–Crippen LogP) is 2.80. The maximum atomic E-state index is 8.96. The molecule has 0 radical (unpaired) electrons. The van der Waals surface area contributed by atoms with E-state index < -0.39 is 0 Å². The smallest absolute Gasteiger partial charge is 0.128 e. The van der Waals surface area contributed by atoms with Crippen molar-refractivity contribution in [3.8, 4) is 11.8 Å². The molecule has 0 spiro atoms. The fraction of sp³-hybridized carbons (Fsp3) is 0.133. The van der Waals surface area contributed by atoms with Gasteiger partial charge in [-0.05, 0) is 31.2 Å². The molecular weight excluding hydrogens is 236 g/mol. The van der Waals surface area contributed by atoms with Crippen LogP contribution < -0.4 is 0 Å². The first-order valence-electron chi connectivity index (χ1n) is 6.06. The summed E-state index contributed by atoms with van der Waals surface area (Å²) in [6.07, 6.45) is 2.06. The number of hydrogen-bond donors (Lipinski definition) is 0. The van der Waals surface area contributed by atoms with E-state index >= 15 is 0 Å². The molecule has 0 saturated heterocycles. The maximum absolute atomic E-state index is 8.96. The van der Waals surface area contributed by atoms with E-state index in [0.717, 1.165) is 28.2 Å². The van der Waals surface area contributed by atoms with Gasteiger partial charge in [0.25, 0.3) is 0 Å². The lowest BCUT2D eigenvalue weighted by Crippen LogP contribution is -2.01. The van der Waals surface area contributed by atoms with Gasteiger partial charge in [0.1, 0.15) is 5.82 Å². The number of rotatable bonds is 2. The number of benzene rings is 1. The lowest BCUT2D eigenvalue weighted by molar-refractivity contribution is 0.947. The minimum Gasteiger partial charge on any atom is -0.295 e. The van der Waals surface area contributed by atoms with Crippen molar-refractivity contribution in [1.29, 1.82) is 5.26 Å². The van der Waals surface area contributed by atoms with Crippen LogP contribution in [0.15, 0.2) is 42.6 Å². The highest BCUT2D eigenvalue weighted by Crippen LogP contribution is 2.21. The second kappa shape index (κ2) is 4.54. The zero-order valence-corrected chi connectivity index (χ0v) is 10.5. The first-order chi connectivity index (χ1) is 9.29. The molecule has 0 N–H and O–H groups in total. The van der Waals surface area contributed by atoms with Crippen LogP contribution in [0.25, 0.3) is 16.7 Å². The van der Waals surface area contributed by atoms with E-state index in [1.807, 2.05) is 47.9 Å². The average Bonchev–Trinajstić information content (AvgIpc) is 2.77. The Hall–Kier alpha value is -2.67. The lowest BCUT2D eigenvalue weighted by atomic mass is 10.3. The Balaban J connectivity index is 2.31. The quantitative estimate of drug-likeness (QED) is 0.700. The molecule has 0 saturated carbocycles. The molecule has 3 rings (SSSR count). The van der Waals surface area contributed by atoms with Crippen molar-refractivity contribution in [1.82, 2.24) is 14.5 Å². The zero-order chi connectivity index (χ0) is 13.2. The van der Waals surface area contributed by atoms with Crippen LogP contribution in [0.5, 0.6) is 0 Å². The molecule has 0 aliphatic rings. The maximum Gasteiger partial charge on any atom is 0.128 e. The normalized spacial score (nSPS) is 10.5. The third kappa shape index (κ3) is 1.95. The number of nitrogens with zero attached hydrogens (tertiary/aromatic N) is 4. The van der Waals surface area contributed by atoms with Gasteiger partial charge in [-0.1, -0.05) is 12.1 Å². The highest BCUT2D eigenvalue weighted by Gasteiger charge is 2.11. The molecule has 0 atom stereocenters. The van der Waals surface area contributed by atoms with E-state index in [9.17, 15) is 0 Å². The molecule has 2 aromatic heterocycles. The summed E-state index contributed by atoms with van der Waals surface area (Å²) < 4.78 is 2.02. The van der Waals surface area contributed by atoms with Crippen molar-refractivity contribution < 1.29 is 0 Å². The molecule has 4 heteroatoms. The summed E-state index contributed by atoms with van der Waals surface area (Å²) in [5.41, 5.74) is 3.85. The van der Waals surface area contributed by atoms with E-state index in [-0.39, 0.29) is 6.42 Å². The van der Waals surface area contributed by atoms with Crippen molar-refractivity contribution in [3.05, 3.63) is 54.1 Å². The molecule has 0 unspecified atom stereocenters. The van der Waals surface area contributed by atoms with Crippen LogP contribution in [0.2, 0.25) is 0 Å². The minimum atomic E-state index is 0.288. The van der Waals surface area contributed by atoms with Gasteiger partial charge in [0.05, 0.1) is 29.2 Å². The minimum absolute atomic E-state index is 0.288. The monoisotopic (exact) mass is 248 g/mol. The van der Waals surface area contributed by atoms with Gasteiger partial charge < -0.3 is 0 Å². The summed E-state index contributed by atoms with van der Waals surface area (Å²) in [5, 5.41) is 8.96. The fourth-order valence-corrected chi connectivity index (χ4v) is 2.22. The van der Waals surface area contributed by atoms with Gasteiger partial charge in [-0.3, -0.25) is 9.55 Å². The first kappa shape index (κ1) is 11.4. The molecule has 19 heavy (non-hydrogen) atoms. The van der Waals surface area contributed by atoms with E-state index in [1.54, 1.807) is 6.20 Å². The molecule has 0 amide bonds. The molecule has 0 aliphatic carbocycles. The van der Waals surface area contributed by atoms with E-state index in [0.29, 0.717) is 0 Å². The van der Waals surface area contributed by atoms with Crippen LogP contribution >= 0.6 is 0 Å². The number of imidazole rings is 1. The molecule has 2 heterocycles. The summed E-state index contributed by atoms with van der Waals surface area (Å²) >= 11 is 0. The Morgan fingerprint density at radius 2 is 2.11 bits per heavy atom. The number of aryl methyl sites for hydroxylation is 1. The molecule has 92 valence electrons. The second-order valence-corrected chi connectivity index (χ2v) is 4.34. The molecule has 0 bridgehead atoms. The molecule has 0 aliphatic heterocycles. The van der Waals surface area contributed by atoms with E-state index in [1.165, 1.54) is 0 Å². The van der Waals surface area contributed by atoms with Gasteiger partial charge in [0, 0.05) is 11.9 Å². The van der Waals surface area contributed by atoms with Crippen molar-refractivity contribution in [2.75, 3.05) is 0 Å². The Morgan fingerprint density at radius 3 is 2.89 bits per heavy atom. The third-order valence-corrected chi connectivity index (χ3v) is 3.01. The van der Waals surface area contributed by atoms with Crippen LogP contribution in [-0.4, -0.2) is 14.5 Å². The molecular formula is C15H12N4. The van der Waals surface area contributed by atoms with Crippen LogP contribution in [0.1, 0.15) is 11.5 Å². The van der Waals surface area contributed by atoms with Gasteiger partial charge >= 0.3 is 0 Å². The molecule has 4 nitrogen and oxygen atoms in total. The van der Waals surface area contributed by atoms with Crippen LogP contribution in [0, 0.1) is 18.3 Å². The van der Waals surface area contributed by atoms with Crippen LogP contribution in [0.4, 0.5) is 0 Å². The number of hydrogen-bond acceptors (Lipinski definition) is 3. The summed E-state index contributed by atoms with van der Waals surface area (Å²) in [7, 11) is 0. The Bertz CT molecular complexity index is 780. The topological polar surface area (TPSA) is 54.5 Å². The highest BCUT2D eigenvalue weighted by molar-refractivity contribution is 5.78. The Morgan fingerprint density at radius 1 is 1.26 bits per heavy atom. The SMILES string of the molecule is Cc1cc(-n2c(CC#N)nc3ccccc32)ccn1. The molecule has 3 aromatic rings. The highest BCUT2D eigenvalue weighted by atomic mass is 15.1. The first-order valence-corrected chi connectivity index (χ1v) is 6.06. The molecule has 1 aromatic carbocycles. The number of fused-ring (bicyclic) bond motifs is 1. The standard InChI is InChI=1S/C15H12N4/c1-11-10-12(7-9-17-11)19-14-5-3-2-4-13(14)18-15(19)6-8-16/h2-5,7,9-10H,6H2,1H3. The number of pyridine rings is 1. The fourth-order valence-electron chi connectivity index (χ4n) is 2.22. The predicted molar refractivity (Wildman–Crippen MR) is 72.9 cm³/mol. The van der Waals surface area contributed by atoms with Gasteiger partial charge in [-0.15, -0.1) is 0 Å². The average molecular weight is 248 g/mol. The van der Waals surface area contributed by atoms with E-state index in [4.69, 9.17) is 5.26 Å². The van der Waals surface area contributed by atoms with Crippen molar-refractivity contribution in [3.63, 3.8) is 0 Å². The summed E-state index contributed by atoms with van der Waals surface area (Å²) in [6, 6.07) is 14.0. The van der Waals surface area contributed by atoms with Gasteiger partial charge in [0.2, 0.25) is 0 Å². The van der Waals surface area contributed by atoms with E-state index in [2.05, 4.69) is 16.0 Å².